The number of aliphatic imine (C=N–C) groups is 2. The SMILES string of the molecule is C=C1Nc2cccnc2C=C1C\N=C(CC)/C(C#N)=C\N=C\S. The minimum atomic E-state index is 0.425. The van der Waals surface area contributed by atoms with E-state index in [4.69, 9.17) is 0 Å². The molecule has 116 valence electrons. The molecule has 1 aliphatic heterocycles. The topological polar surface area (TPSA) is 73.4 Å². The standard InChI is InChI=1S/C17H17N5S/c1-3-15(14(8-18)9-19-11-23)21-10-13-7-17-16(22-12(13)2)5-4-6-20-17/h4-7,9,11,22H,2-3,10H2,1H3,(H,19,23)/b14-9-,21-15-. The Hall–Kier alpha value is -2.65. The lowest BCUT2D eigenvalue weighted by atomic mass is 10.1. The lowest BCUT2D eigenvalue weighted by Gasteiger charge is -2.19. The van der Waals surface area contributed by atoms with Crippen LogP contribution in [0.4, 0.5) is 5.69 Å². The first-order chi connectivity index (χ1) is 11.2. The van der Waals surface area contributed by atoms with Gasteiger partial charge >= 0.3 is 0 Å². The smallest absolute Gasteiger partial charge is 0.103 e. The van der Waals surface area contributed by atoms with Crippen LogP contribution < -0.4 is 5.32 Å². The summed E-state index contributed by atoms with van der Waals surface area (Å²) in [5.41, 5.74) is 6.00. The van der Waals surface area contributed by atoms with Crippen LogP contribution in [-0.4, -0.2) is 22.8 Å². The fourth-order valence-electron chi connectivity index (χ4n) is 2.12. The molecule has 0 saturated heterocycles. The summed E-state index contributed by atoms with van der Waals surface area (Å²) < 4.78 is 0. The average molecular weight is 323 g/mol. The van der Waals surface area contributed by atoms with E-state index in [0.29, 0.717) is 24.3 Å². The van der Waals surface area contributed by atoms with Crippen molar-refractivity contribution in [3.63, 3.8) is 0 Å². The first kappa shape index (κ1) is 16.7. The second-order valence-corrected chi connectivity index (χ2v) is 4.98. The molecule has 0 radical (unpaired) electrons. The van der Waals surface area contributed by atoms with Gasteiger partial charge in [-0.05, 0) is 30.2 Å². The fraction of sp³-hybridized carbons (Fsp3) is 0.176. The maximum atomic E-state index is 9.22. The zero-order valence-corrected chi connectivity index (χ0v) is 13.7. The van der Waals surface area contributed by atoms with Gasteiger partial charge in [0.2, 0.25) is 0 Å². The van der Waals surface area contributed by atoms with Crippen molar-refractivity contribution >= 4 is 35.7 Å². The molecule has 1 N–H and O–H groups in total. The molecule has 23 heavy (non-hydrogen) atoms. The summed E-state index contributed by atoms with van der Waals surface area (Å²) >= 11 is 3.88. The van der Waals surface area contributed by atoms with Crippen LogP contribution in [-0.2, 0) is 0 Å². The lowest BCUT2D eigenvalue weighted by molar-refractivity contribution is 1.11. The predicted octanol–water partition coefficient (Wildman–Crippen LogP) is 3.62. The van der Waals surface area contributed by atoms with Crippen molar-refractivity contribution in [1.29, 1.82) is 5.26 Å². The Morgan fingerprint density at radius 3 is 3.09 bits per heavy atom. The molecule has 0 aromatic carbocycles. The summed E-state index contributed by atoms with van der Waals surface area (Å²) in [6, 6.07) is 5.94. The van der Waals surface area contributed by atoms with Crippen molar-refractivity contribution in [3.8, 4) is 6.07 Å². The van der Waals surface area contributed by atoms with E-state index in [0.717, 1.165) is 22.7 Å². The number of hydrogen-bond acceptors (Lipinski definition) is 5. The first-order valence-electron chi connectivity index (χ1n) is 7.11. The Morgan fingerprint density at radius 1 is 1.57 bits per heavy atom. The van der Waals surface area contributed by atoms with Crippen LogP contribution in [0.15, 0.2) is 57.9 Å². The number of nitrogens with zero attached hydrogens (tertiary/aromatic N) is 4. The van der Waals surface area contributed by atoms with Crippen LogP contribution in [0, 0.1) is 11.3 Å². The van der Waals surface area contributed by atoms with Crippen LogP contribution in [0.25, 0.3) is 6.08 Å². The van der Waals surface area contributed by atoms with E-state index in [-0.39, 0.29) is 0 Å². The van der Waals surface area contributed by atoms with Gasteiger partial charge in [0.25, 0.3) is 0 Å². The molecular weight excluding hydrogens is 306 g/mol. The Balaban J connectivity index is 2.26. The number of fused-ring (bicyclic) bond motifs is 1. The third kappa shape index (κ3) is 4.18. The predicted molar refractivity (Wildman–Crippen MR) is 98.7 cm³/mol. The van der Waals surface area contributed by atoms with Crippen molar-refractivity contribution in [1.82, 2.24) is 4.98 Å². The van der Waals surface area contributed by atoms with Gasteiger partial charge in [0.15, 0.2) is 0 Å². The molecule has 5 nitrogen and oxygen atoms in total. The monoisotopic (exact) mass is 323 g/mol. The molecule has 0 atom stereocenters. The molecule has 1 aromatic rings. The zero-order valence-electron chi connectivity index (χ0n) is 12.8. The van der Waals surface area contributed by atoms with Crippen LogP contribution in [0.2, 0.25) is 0 Å². The van der Waals surface area contributed by atoms with Gasteiger partial charge in [0, 0.05) is 18.1 Å². The second kappa shape index (κ2) is 8.11. The van der Waals surface area contributed by atoms with Gasteiger partial charge in [0.1, 0.15) is 6.07 Å². The van der Waals surface area contributed by atoms with Gasteiger partial charge in [-0.2, -0.15) is 5.26 Å². The molecule has 0 aliphatic carbocycles. The Morgan fingerprint density at radius 2 is 2.39 bits per heavy atom. The lowest BCUT2D eigenvalue weighted by Crippen LogP contribution is -2.11. The van der Waals surface area contributed by atoms with Crippen LogP contribution >= 0.6 is 12.6 Å². The van der Waals surface area contributed by atoms with Crippen LogP contribution in [0.1, 0.15) is 19.0 Å². The molecular formula is C17H17N5S. The van der Waals surface area contributed by atoms with E-state index >= 15 is 0 Å². The third-order valence-electron chi connectivity index (χ3n) is 3.30. The number of allylic oxidation sites excluding steroid dienone is 1. The fourth-order valence-corrected chi connectivity index (χ4v) is 2.18. The highest BCUT2D eigenvalue weighted by atomic mass is 32.1. The normalized spacial score (nSPS) is 15.0. The molecule has 1 aliphatic rings. The van der Waals surface area contributed by atoms with Crippen molar-refractivity contribution in [2.45, 2.75) is 13.3 Å². The maximum absolute atomic E-state index is 9.22. The average Bonchev–Trinajstić information content (AvgIpc) is 2.58. The summed E-state index contributed by atoms with van der Waals surface area (Å²) in [4.78, 5) is 12.7. The minimum absolute atomic E-state index is 0.425. The maximum Gasteiger partial charge on any atom is 0.103 e. The summed E-state index contributed by atoms with van der Waals surface area (Å²) in [6.07, 6.45) is 5.82. The van der Waals surface area contributed by atoms with Gasteiger partial charge < -0.3 is 5.32 Å². The number of thiol groups is 1. The molecule has 0 fully saturated rings. The summed E-state index contributed by atoms with van der Waals surface area (Å²) in [6.45, 7) is 6.40. The van der Waals surface area contributed by atoms with E-state index in [9.17, 15) is 5.26 Å². The molecule has 2 heterocycles. The number of nitrogens with one attached hydrogen (secondary N) is 1. The van der Waals surface area contributed by atoms with Gasteiger partial charge in [-0.25, -0.2) is 0 Å². The molecule has 0 spiro atoms. The van der Waals surface area contributed by atoms with E-state index in [2.05, 4.69) is 45.6 Å². The van der Waals surface area contributed by atoms with E-state index in [1.54, 1.807) is 6.20 Å². The van der Waals surface area contributed by atoms with E-state index < -0.39 is 0 Å². The molecule has 0 bridgehead atoms. The number of nitriles is 1. The Bertz CT molecular complexity index is 765. The molecule has 2 rings (SSSR count). The van der Waals surface area contributed by atoms with Crippen molar-refractivity contribution in [3.05, 3.63) is 53.6 Å². The van der Waals surface area contributed by atoms with Crippen molar-refractivity contribution < 1.29 is 0 Å². The zero-order chi connectivity index (χ0) is 16.7. The number of pyridine rings is 1. The highest BCUT2D eigenvalue weighted by Gasteiger charge is 2.14. The van der Waals surface area contributed by atoms with Crippen molar-refractivity contribution in [2.75, 3.05) is 11.9 Å². The number of aromatic nitrogens is 1. The van der Waals surface area contributed by atoms with Crippen molar-refractivity contribution in [2.24, 2.45) is 9.98 Å². The highest BCUT2D eigenvalue weighted by molar-refractivity contribution is 7.94. The van der Waals surface area contributed by atoms with Gasteiger partial charge in [0.05, 0.1) is 34.8 Å². The highest BCUT2D eigenvalue weighted by Crippen LogP contribution is 2.26. The largest absolute Gasteiger partial charge is 0.354 e. The summed E-state index contributed by atoms with van der Waals surface area (Å²) in [7, 11) is 0. The summed E-state index contributed by atoms with van der Waals surface area (Å²) in [5, 5.41) is 12.4. The first-order valence-corrected chi connectivity index (χ1v) is 7.63. The summed E-state index contributed by atoms with van der Waals surface area (Å²) in [5.74, 6) is 0. The van der Waals surface area contributed by atoms with Gasteiger partial charge in [-0.1, -0.05) is 13.5 Å². The molecule has 6 heteroatoms. The number of rotatable bonds is 5. The molecule has 0 saturated carbocycles. The van der Waals surface area contributed by atoms with E-state index in [1.807, 2.05) is 25.1 Å². The molecule has 0 unspecified atom stereocenters. The van der Waals surface area contributed by atoms with Gasteiger partial charge in [-0.15, -0.1) is 12.6 Å². The third-order valence-corrected chi connectivity index (χ3v) is 3.43. The van der Waals surface area contributed by atoms with Crippen LogP contribution in [0.5, 0.6) is 0 Å². The van der Waals surface area contributed by atoms with Gasteiger partial charge in [-0.3, -0.25) is 15.0 Å². The molecule has 1 aromatic heterocycles. The number of hydrogen-bond donors (Lipinski definition) is 2. The number of anilines is 1. The Kier molecular flexibility index (Phi) is 5.89. The second-order valence-electron chi connectivity index (χ2n) is 4.74. The minimum Gasteiger partial charge on any atom is -0.354 e. The molecule has 0 amide bonds. The quantitative estimate of drug-likeness (QED) is 0.376. The van der Waals surface area contributed by atoms with E-state index in [1.165, 1.54) is 11.7 Å². The Labute approximate surface area is 141 Å². The van der Waals surface area contributed by atoms with Crippen LogP contribution in [0.3, 0.4) is 0 Å².